The van der Waals surface area contributed by atoms with Gasteiger partial charge in [0.05, 0.1) is 5.56 Å². The first-order valence-corrected chi connectivity index (χ1v) is 6.16. The van der Waals surface area contributed by atoms with Crippen molar-refractivity contribution in [2.75, 3.05) is 38.1 Å². The van der Waals surface area contributed by atoms with Crippen molar-refractivity contribution < 1.29 is 13.2 Å². The average Bonchev–Trinajstić information content (AvgIpc) is 2.29. The highest BCUT2D eigenvalue weighted by atomic mass is 32.1. The molecule has 0 unspecified atom stereocenters. The molecule has 0 aliphatic carbocycles. The van der Waals surface area contributed by atoms with Crippen molar-refractivity contribution in [2.24, 2.45) is 0 Å². The lowest BCUT2D eigenvalue weighted by Crippen LogP contribution is -2.45. The van der Waals surface area contributed by atoms with Crippen LogP contribution in [0.1, 0.15) is 5.56 Å². The van der Waals surface area contributed by atoms with E-state index in [1.54, 1.807) is 11.0 Å². The van der Waals surface area contributed by atoms with Gasteiger partial charge in [0, 0.05) is 36.8 Å². The third-order valence-corrected chi connectivity index (χ3v) is 3.41. The second kappa shape index (κ2) is 5.01. The first kappa shape index (κ1) is 13.5. The Hall–Kier alpha value is -0.880. The fraction of sp³-hybridized carbons (Fsp3) is 0.500. The fourth-order valence-electron chi connectivity index (χ4n) is 2.07. The molecule has 100 valence electrons. The van der Waals surface area contributed by atoms with Gasteiger partial charge in [-0.15, -0.1) is 12.6 Å². The van der Waals surface area contributed by atoms with Crippen LogP contribution in [-0.2, 0) is 6.18 Å². The molecule has 0 bridgehead atoms. The number of hydrogen-bond donors (Lipinski definition) is 1. The lowest BCUT2D eigenvalue weighted by Gasteiger charge is -2.35. The van der Waals surface area contributed by atoms with E-state index >= 15 is 0 Å². The highest BCUT2D eigenvalue weighted by Crippen LogP contribution is 2.38. The van der Waals surface area contributed by atoms with Crippen LogP contribution < -0.4 is 4.90 Å². The Labute approximate surface area is 110 Å². The van der Waals surface area contributed by atoms with Crippen LogP contribution >= 0.6 is 12.6 Å². The van der Waals surface area contributed by atoms with E-state index in [0.717, 1.165) is 19.2 Å². The van der Waals surface area contributed by atoms with Gasteiger partial charge in [-0.1, -0.05) is 0 Å². The summed E-state index contributed by atoms with van der Waals surface area (Å²) in [4.78, 5) is 4.23. The number of nitrogens with zero attached hydrogens (tertiary/aromatic N) is 2. The molecule has 0 amide bonds. The molecule has 1 saturated heterocycles. The monoisotopic (exact) mass is 276 g/mol. The van der Waals surface area contributed by atoms with Crippen molar-refractivity contribution in [3.63, 3.8) is 0 Å². The van der Waals surface area contributed by atoms with Crippen LogP contribution in [0, 0.1) is 0 Å². The fourth-order valence-corrected chi connectivity index (χ4v) is 2.28. The number of thiol groups is 1. The molecule has 2 rings (SSSR count). The molecular weight excluding hydrogens is 261 g/mol. The van der Waals surface area contributed by atoms with Gasteiger partial charge < -0.3 is 9.80 Å². The molecule has 1 fully saturated rings. The van der Waals surface area contributed by atoms with Gasteiger partial charge in [0.15, 0.2) is 0 Å². The minimum absolute atomic E-state index is 0.258. The lowest BCUT2D eigenvalue weighted by atomic mass is 10.1. The van der Waals surface area contributed by atoms with Gasteiger partial charge in [-0.2, -0.15) is 13.2 Å². The number of likely N-dealkylation sites (N-methyl/N-ethyl adjacent to an activating group) is 1. The molecule has 6 heteroatoms. The van der Waals surface area contributed by atoms with Crippen molar-refractivity contribution in [3.8, 4) is 0 Å². The Morgan fingerprint density at radius 1 is 1.11 bits per heavy atom. The Morgan fingerprint density at radius 3 is 2.28 bits per heavy atom. The predicted octanol–water partition coefficient (Wildman–Crippen LogP) is 2.75. The highest BCUT2D eigenvalue weighted by molar-refractivity contribution is 7.80. The standard InChI is InChI=1S/C12H15F3N2S/c1-16-4-6-17(7-5-16)11-3-2-9(18)8-10(11)12(13,14)15/h2-3,8,18H,4-7H2,1H3. The summed E-state index contributed by atoms with van der Waals surface area (Å²) in [5.41, 5.74) is -0.340. The Bertz CT molecular complexity index is 426. The van der Waals surface area contributed by atoms with Crippen LogP contribution in [0.5, 0.6) is 0 Å². The number of anilines is 1. The maximum atomic E-state index is 13.0. The Balaban J connectivity index is 2.32. The predicted molar refractivity (Wildman–Crippen MR) is 68.4 cm³/mol. The molecule has 1 aromatic carbocycles. The van der Waals surface area contributed by atoms with E-state index in [1.807, 2.05) is 7.05 Å². The van der Waals surface area contributed by atoms with Gasteiger partial charge in [0.25, 0.3) is 0 Å². The van der Waals surface area contributed by atoms with E-state index in [1.165, 1.54) is 6.07 Å². The molecule has 0 spiro atoms. The van der Waals surface area contributed by atoms with Crippen LogP contribution in [0.4, 0.5) is 18.9 Å². The summed E-state index contributed by atoms with van der Waals surface area (Å²) in [6.07, 6.45) is -4.34. The largest absolute Gasteiger partial charge is 0.418 e. The van der Waals surface area contributed by atoms with Gasteiger partial charge in [0.1, 0.15) is 0 Å². The minimum atomic E-state index is -4.34. The molecule has 0 N–H and O–H groups in total. The van der Waals surface area contributed by atoms with E-state index in [-0.39, 0.29) is 5.69 Å². The smallest absolute Gasteiger partial charge is 0.368 e. The van der Waals surface area contributed by atoms with E-state index < -0.39 is 11.7 Å². The van der Waals surface area contributed by atoms with Crippen molar-refractivity contribution in [1.82, 2.24) is 4.90 Å². The number of piperazine rings is 1. The van der Waals surface area contributed by atoms with Gasteiger partial charge in [-0.05, 0) is 25.2 Å². The van der Waals surface area contributed by atoms with E-state index in [0.29, 0.717) is 18.0 Å². The third-order valence-electron chi connectivity index (χ3n) is 3.13. The van der Waals surface area contributed by atoms with Gasteiger partial charge in [-0.3, -0.25) is 0 Å². The minimum Gasteiger partial charge on any atom is -0.368 e. The summed E-state index contributed by atoms with van der Waals surface area (Å²) in [5, 5.41) is 0. The molecule has 0 atom stereocenters. The summed E-state index contributed by atoms with van der Waals surface area (Å²) < 4.78 is 39.0. The second-order valence-corrected chi connectivity index (χ2v) is 5.01. The summed E-state index contributed by atoms with van der Waals surface area (Å²) >= 11 is 3.98. The van der Waals surface area contributed by atoms with Crippen LogP contribution in [0.2, 0.25) is 0 Å². The number of benzene rings is 1. The number of alkyl halides is 3. The zero-order chi connectivity index (χ0) is 13.3. The first-order valence-electron chi connectivity index (χ1n) is 5.71. The molecule has 1 aromatic rings. The normalized spacial score (nSPS) is 18.2. The topological polar surface area (TPSA) is 6.48 Å². The molecule has 1 aliphatic heterocycles. The van der Waals surface area contributed by atoms with Gasteiger partial charge in [-0.25, -0.2) is 0 Å². The molecule has 2 nitrogen and oxygen atoms in total. The molecule has 18 heavy (non-hydrogen) atoms. The molecule has 1 heterocycles. The molecule has 0 saturated carbocycles. The van der Waals surface area contributed by atoms with Crippen molar-refractivity contribution in [2.45, 2.75) is 11.1 Å². The summed E-state index contributed by atoms with van der Waals surface area (Å²) in [7, 11) is 1.97. The van der Waals surface area contributed by atoms with E-state index in [9.17, 15) is 13.2 Å². The Kier molecular flexibility index (Phi) is 3.77. The Morgan fingerprint density at radius 2 is 1.72 bits per heavy atom. The maximum Gasteiger partial charge on any atom is 0.418 e. The zero-order valence-corrected chi connectivity index (χ0v) is 10.9. The van der Waals surface area contributed by atoms with E-state index in [2.05, 4.69) is 17.5 Å². The van der Waals surface area contributed by atoms with Gasteiger partial charge >= 0.3 is 6.18 Å². The first-order chi connectivity index (χ1) is 8.38. The number of hydrogen-bond acceptors (Lipinski definition) is 3. The maximum absolute atomic E-state index is 13.0. The van der Waals surface area contributed by atoms with Crippen molar-refractivity contribution >= 4 is 18.3 Å². The lowest BCUT2D eigenvalue weighted by molar-refractivity contribution is -0.137. The molecule has 0 radical (unpaired) electrons. The zero-order valence-electron chi connectivity index (χ0n) is 10.0. The SMILES string of the molecule is CN1CCN(c2ccc(S)cc2C(F)(F)F)CC1. The van der Waals surface area contributed by atoms with Gasteiger partial charge in [0.2, 0.25) is 0 Å². The second-order valence-electron chi connectivity index (χ2n) is 4.49. The number of rotatable bonds is 1. The third kappa shape index (κ3) is 2.92. The van der Waals surface area contributed by atoms with Crippen LogP contribution in [0.3, 0.4) is 0 Å². The summed E-state index contributed by atoms with van der Waals surface area (Å²) in [5.74, 6) is 0. The number of halogens is 3. The molecule has 1 aliphatic rings. The van der Waals surface area contributed by atoms with Crippen molar-refractivity contribution in [3.05, 3.63) is 23.8 Å². The summed E-state index contributed by atoms with van der Waals surface area (Å²) in [6, 6.07) is 4.21. The van der Waals surface area contributed by atoms with Crippen LogP contribution in [0.15, 0.2) is 23.1 Å². The molecular formula is C12H15F3N2S. The average molecular weight is 276 g/mol. The van der Waals surface area contributed by atoms with Crippen LogP contribution in [0.25, 0.3) is 0 Å². The summed E-state index contributed by atoms with van der Waals surface area (Å²) in [6.45, 7) is 2.79. The van der Waals surface area contributed by atoms with Crippen molar-refractivity contribution in [1.29, 1.82) is 0 Å². The highest BCUT2D eigenvalue weighted by Gasteiger charge is 2.35. The molecule has 0 aromatic heterocycles. The quantitative estimate of drug-likeness (QED) is 0.788. The van der Waals surface area contributed by atoms with Crippen LogP contribution in [-0.4, -0.2) is 38.1 Å². The van der Waals surface area contributed by atoms with E-state index in [4.69, 9.17) is 0 Å².